The van der Waals surface area contributed by atoms with E-state index in [0.29, 0.717) is 10.7 Å². The van der Waals surface area contributed by atoms with Gasteiger partial charge in [0.25, 0.3) is 0 Å². The van der Waals surface area contributed by atoms with Crippen LogP contribution < -0.4 is 5.73 Å². The molecule has 0 fully saturated rings. The average Bonchev–Trinajstić information content (AvgIpc) is 2.10. The van der Waals surface area contributed by atoms with Gasteiger partial charge in [-0.1, -0.05) is 11.6 Å². The Morgan fingerprint density at radius 1 is 1.29 bits per heavy atom. The zero-order chi connectivity index (χ0) is 10.3. The number of benzene rings is 1. The largest absolute Gasteiger partial charge is 0.398 e. The number of nitrogens with zero attached hydrogens (tertiary/aromatic N) is 1. The number of pyridine rings is 1. The second-order valence-electron chi connectivity index (χ2n) is 2.81. The highest BCUT2D eigenvalue weighted by atomic mass is 79.9. The number of nitrogen functional groups attached to an aromatic ring is 1. The van der Waals surface area contributed by atoms with E-state index in [-0.39, 0.29) is 0 Å². The molecule has 0 bridgehead atoms. The van der Waals surface area contributed by atoms with E-state index in [9.17, 15) is 0 Å². The van der Waals surface area contributed by atoms with Crippen LogP contribution in [-0.4, -0.2) is 4.98 Å². The van der Waals surface area contributed by atoms with Gasteiger partial charge in [0.15, 0.2) is 0 Å². The molecule has 14 heavy (non-hydrogen) atoms. The van der Waals surface area contributed by atoms with Crippen molar-refractivity contribution >= 4 is 59.9 Å². The zero-order valence-electron chi connectivity index (χ0n) is 6.89. The highest BCUT2D eigenvalue weighted by Gasteiger charge is 2.08. The molecule has 1 aromatic carbocycles. The molecule has 1 aromatic heterocycles. The molecule has 2 N–H and O–H groups in total. The Morgan fingerprint density at radius 2 is 2.00 bits per heavy atom. The third kappa shape index (κ3) is 1.62. The topological polar surface area (TPSA) is 38.9 Å². The zero-order valence-corrected chi connectivity index (χ0v) is 10.8. The number of hydrogen-bond acceptors (Lipinski definition) is 2. The van der Waals surface area contributed by atoms with Gasteiger partial charge in [-0.15, -0.1) is 0 Å². The maximum Gasteiger partial charge on any atom is 0.114 e. The third-order valence-corrected chi connectivity index (χ3v) is 3.34. The number of halogens is 3. The molecule has 0 spiro atoms. The Kier molecular flexibility index (Phi) is 2.68. The molecule has 0 aliphatic heterocycles. The first kappa shape index (κ1) is 10.2. The van der Waals surface area contributed by atoms with E-state index in [0.717, 1.165) is 19.8 Å². The van der Waals surface area contributed by atoms with Crippen molar-refractivity contribution < 1.29 is 0 Å². The van der Waals surface area contributed by atoms with Crippen molar-refractivity contribution in [1.29, 1.82) is 0 Å². The SMILES string of the molecule is Nc1cc(Cl)cc2c(Br)ncc(Br)c12. The molecule has 72 valence electrons. The minimum atomic E-state index is 0.607. The summed E-state index contributed by atoms with van der Waals surface area (Å²) in [7, 11) is 0. The highest BCUT2D eigenvalue weighted by molar-refractivity contribution is 9.11. The molecule has 0 radical (unpaired) electrons. The number of anilines is 1. The molecule has 1 heterocycles. The van der Waals surface area contributed by atoms with Gasteiger partial charge < -0.3 is 5.73 Å². The lowest BCUT2D eigenvalue weighted by Crippen LogP contribution is -1.90. The smallest absolute Gasteiger partial charge is 0.114 e. The minimum absolute atomic E-state index is 0.607. The Hall–Kier alpha value is -0.320. The summed E-state index contributed by atoms with van der Waals surface area (Å²) in [6.07, 6.45) is 1.71. The maximum atomic E-state index is 5.90. The van der Waals surface area contributed by atoms with E-state index in [2.05, 4.69) is 36.8 Å². The number of fused-ring (bicyclic) bond motifs is 1. The monoisotopic (exact) mass is 334 g/mol. The molecule has 0 amide bonds. The first-order valence-electron chi connectivity index (χ1n) is 3.78. The van der Waals surface area contributed by atoms with Crippen molar-refractivity contribution in [3.63, 3.8) is 0 Å². The molecule has 0 aliphatic rings. The van der Waals surface area contributed by atoms with E-state index in [1.165, 1.54) is 0 Å². The van der Waals surface area contributed by atoms with Gasteiger partial charge in [-0.2, -0.15) is 0 Å². The van der Waals surface area contributed by atoms with Crippen LogP contribution in [0.25, 0.3) is 10.8 Å². The van der Waals surface area contributed by atoms with Crippen LogP contribution in [0, 0.1) is 0 Å². The van der Waals surface area contributed by atoms with Gasteiger partial charge in [-0.3, -0.25) is 0 Å². The fraction of sp³-hybridized carbons (Fsp3) is 0. The Labute approximate surface area is 103 Å². The summed E-state index contributed by atoms with van der Waals surface area (Å²) in [4.78, 5) is 4.14. The summed E-state index contributed by atoms with van der Waals surface area (Å²) in [6.45, 7) is 0. The lowest BCUT2D eigenvalue weighted by molar-refractivity contribution is 1.30. The molecule has 2 nitrogen and oxygen atoms in total. The van der Waals surface area contributed by atoms with E-state index in [4.69, 9.17) is 17.3 Å². The summed E-state index contributed by atoms with van der Waals surface area (Å²) >= 11 is 12.7. The molecule has 0 unspecified atom stereocenters. The summed E-state index contributed by atoms with van der Waals surface area (Å²) < 4.78 is 1.61. The molecule has 2 rings (SSSR count). The van der Waals surface area contributed by atoms with Crippen molar-refractivity contribution in [2.24, 2.45) is 0 Å². The second kappa shape index (κ2) is 3.68. The Bertz CT molecular complexity index is 514. The van der Waals surface area contributed by atoms with Gasteiger partial charge in [-0.25, -0.2) is 4.98 Å². The fourth-order valence-electron chi connectivity index (χ4n) is 1.30. The standard InChI is InChI=1S/C9H5Br2ClN2/c10-6-3-14-9(11)5-1-4(12)2-7(13)8(5)6/h1-3H,13H2. The van der Waals surface area contributed by atoms with Crippen LogP contribution in [-0.2, 0) is 0 Å². The Morgan fingerprint density at radius 3 is 2.71 bits per heavy atom. The molecule has 2 aromatic rings. The number of hydrogen-bond donors (Lipinski definition) is 1. The van der Waals surface area contributed by atoms with Gasteiger partial charge in [0.2, 0.25) is 0 Å². The van der Waals surface area contributed by atoms with Crippen LogP contribution in [0.3, 0.4) is 0 Å². The van der Waals surface area contributed by atoms with Crippen molar-refractivity contribution in [2.75, 3.05) is 5.73 Å². The molecule has 0 aliphatic carbocycles. The first-order chi connectivity index (χ1) is 6.59. The van der Waals surface area contributed by atoms with Crippen molar-refractivity contribution in [3.05, 3.63) is 32.4 Å². The van der Waals surface area contributed by atoms with Crippen LogP contribution in [0.1, 0.15) is 0 Å². The van der Waals surface area contributed by atoms with Crippen molar-refractivity contribution in [3.8, 4) is 0 Å². The lowest BCUT2D eigenvalue weighted by atomic mass is 10.1. The maximum absolute atomic E-state index is 5.90. The van der Waals surface area contributed by atoms with Gasteiger partial charge in [-0.05, 0) is 44.0 Å². The van der Waals surface area contributed by atoms with Crippen LogP contribution in [0.15, 0.2) is 27.4 Å². The molecule has 0 atom stereocenters. The van der Waals surface area contributed by atoms with Gasteiger partial charge >= 0.3 is 0 Å². The van der Waals surface area contributed by atoms with E-state index in [1.54, 1.807) is 12.3 Å². The lowest BCUT2D eigenvalue weighted by Gasteiger charge is -2.06. The number of nitrogens with two attached hydrogens (primary N) is 1. The van der Waals surface area contributed by atoms with Gasteiger partial charge in [0.1, 0.15) is 4.60 Å². The normalized spacial score (nSPS) is 10.8. The van der Waals surface area contributed by atoms with Crippen LogP contribution in [0.2, 0.25) is 5.02 Å². The fourth-order valence-corrected chi connectivity index (χ4v) is 2.49. The summed E-state index contributed by atoms with van der Waals surface area (Å²) in [5.74, 6) is 0. The minimum Gasteiger partial charge on any atom is -0.398 e. The molecule has 0 saturated heterocycles. The second-order valence-corrected chi connectivity index (χ2v) is 4.86. The third-order valence-electron chi connectivity index (χ3n) is 1.89. The Balaban J connectivity index is 3.00. The molecular weight excluding hydrogens is 331 g/mol. The van der Waals surface area contributed by atoms with E-state index >= 15 is 0 Å². The predicted octanol–water partition coefficient (Wildman–Crippen LogP) is 4.00. The van der Waals surface area contributed by atoms with Gasteiger partial charge in [0, 0.05) is 32.2 Å². The predicted molar refractivity (Wildman–Crippen MR) is 66.6 cm³/mol. The first-order valence-corrected chi connectivity index (χ1v) is 5.74. The average molecular weight is 336 g/mol. The van der Waals surface area contributed by atoms with Crippen LogP contribution >= 0.6 is 43.5 Å². The van der Waals surface area contributed by atoms with E-state index in [1.807, 2.05) is 6.07 Å². The summed E-state index contributed by atoms with van der Waals surface area (Å²) in [6, 6.07) is 3.55. The highest BCUT2D eigenvalue weighted by Crippen LogP contribution is 2.34. The van der Waals surface area contributed by atoms with E-state index < -0.39 is 0 Å². The molecular formula is C9H5Br2ClN2. The van der Waals surface area contributed by atoms with Crippen molar-refractivity contribution in [1.82, 2.24) is 4.98 Å². The van der Waals surface area contributed by atoms with Crippen LogP contribution in [0.5, 0.6) is 0 Å². The van der Waals surface area contributed by atoms with Crippen LogP contribution in [0.4, 0.5) is 5.69 Å². The molecule has 5 heteroatoms. The molecule has 0 saturated carbocycles. The van der Waals surface area contributed by atoms with Crippen molar-refractivity contribution in [2.45, 2.75) is 0 Å². The summed E-state index contributed by atoms with van der Waals surface area (Å²) in [5.41, 5.74) is 6.50. The van der Waals surface area contributed by atoms with Gasteiger partial charge in [0.05, 0.1) is 0 Å². The summed E-state index contributed by atoms with van der Waals surface area (Å²) in [5, 5.41) is 2.44. The number of rotatable bonds is 0. The quantitative estimate of drug-likeness (QED) is 0.583. The number of aromatic nitrogens is 1.